The molecular formula is C9H17NO3S. The topological polar surface area (TPSA) is 55.7 Å². The first-order chi connectivity index (χ1) is 6.23. The zero-order chi connectivity index (χ0) is 11.4. The van der Waals surface area contributed by atoms with Gasteiger partial charge in [-0.05, 0) is 34.6 Å². The number of hydrogen-bond donors (Lipinski definition) is 0. The summed E-state index contributed by atoms with van der Waals surface area (Å²) in [6.07, 6.45) is 0.790. The van der Waals surface area contributed by atoms with Gasteiger partial charge in [0.15, 0.2) is 0 Å². The normalized spacial score (nSPS) is 14.7. The molecule has 0 saturated carbocycles. The van der Waals surface area contributed by atoms with Gasteiger partial charge < -0.3 is 4.74 Å². The predicted octanol–water partition coefficient (Wildman–Crippen LogP) is 1.47. The van der Waals surface area contributed by atoms with Gasteiger partial charge in [-0.25, -0.2) is 9.00 Å². The van der Waals surface area contributed by atoms with E-state index in [1.807, 2.05) is 0 Å². The van der Waals surface area contributed by atoms with E-state index in [2.05, 4.69) is 4.40 Å². The van der Waals surface area contributed by atoms with Gasteiger partial charge in [0.1, 0.15) is 17.2 Å². The molecule has 0 aromatic carbocycles. The van der Waals surface area contributed by atoms with Crippen molar-refractivity contribution in [3.63, 3.8) is 0 Å². The molecule has 0 rings (SSSR count). The lowest BCUT2D eigenvalue weighted by Gasteiger charge is -2.12. The standard InChI is InChI=1S/C9H17NO3S/c1-7(2)13-8(11)6-10-14(12)9(3,4)5/h6-7H,1-5H3/b10-6+. The largest absolute Gasteiger partial charge is 0.459 e. The zero-order valence-corrected chi connectivity index (χ0v) is 10.1. The highest BCUT2D eigenvalue weighted by molar-refractivity contribution is 7.85. The monoisotopic (exact) mass is 219 g/mol. The minimum absolute atomic E-state index is 0.183. The van der Waals surface area contributed by atoms with Crippen LogP contribution in [0.2, 0.25) is 0 Å². The molecule has 5 heteroatoms. The van der Waals surface area contributed by atoms with Crippen LogP contribution >= 0.6 is 0 Å². The van der Waals surface area contributed by atoms with E-state index < -0.39 is 21.7 Å². The zero-order valence-electron chi connectivity index (χ0n) is 9.23. The molecule has 0 aliphatic rings. The lowest BCUT2D eigenvalue weighted by atomic mass is 10.3. The SMILES string of the molecule is CC(C)OC(=O)/C=N/S(=O)C(C)(C)C. The van der Waals surface area contributed by atoms with Gasteiger partial charge in [-0.2, -0.15) is 4.40 Å². The lowest BCUT2D eigenvalue weighted by Crippen LogP contribution is -2.21. The number of nitrogens with zero attached hydrogens (tertiary/aromatic N) is 1. The maximum absolute atomic E-state index is 11.4. The minimum atomic E-state index is -1.40. The Bertz CT molecular complexity index is 253. The second-order valence-electron chi connectivity index (χ2n) is 4.08. The molecule has 0 amide bonds. The summed E-state index contributed by atoms with van der Waals surface area (Å²) in [5.74, 6) is -0.558. The van der Waals surface area contributed by atoms with Gasteiger partial charge in [-0.3, -0.25) is 0 Å². The van der Waals surface area contributed by atoms with Crippen LogP contribution < -0.4 is 0 Å². The van der Waals surface area contributed by atoms with Crippen molar-refractivity contribution in [2.45, 2.75) is 45.5 Å². The van der Waals surface area contributed by atoms with Crippen molar-refractivity contribution in [2.75, 3.05) is 0 Å². The van der Waals surface area contributed by atoms with E-state index in [9.17, 15) is 9.00 Å². The Balaban J connectivity index is 4.19. The Morgan fingerprint density at radius 1 is 1.43 bits per heavy atom. The molecule has 0 aliphatic heterocycles. The van der Waals surface area contributed by atoms with E-state index in [0.29, 0.717) is 0 Å². The van der Waals surface area contributed by atoms with E-state index in [-0.39, 0.29) is 6.10 Å². The van der Waals surface area contributed by atoms with E-state index in [1.165, 1.54) is 0 Å². The summed E-state index contributed by atoms with van der Waals surface area (Å²) in [6, 6.07) is 0. The fraction of sp³-hybridized carbons (Fsp3) is 0.778. The highest BCUT2D eigenvalue weighted by Gasteiger charge is 2.18. The lowest BCUT2D eigenvalue weighted by molar-refractivity contribution is -0.138. The molecule has 1 atom stereocenters. The third-order valence-electron chi connectivity index (χ3n) is 1.13. The van der Waals surface area contributed by atoms with E-state index in [0.717, 1.165) is 6.21 Å². The van der Waals surface area contributed by atoms with Crippen molar-refractivity contribution in [1.82, 2.24) is 0 Å². The predicted molar refractivity (Wildman–Crippen MR) is 57.6 cm³/mol. The average Bonchev–Trinajstić information content (AvgIpc) is 1.96. The summed E-state index contributed by atoms with van der Waals surface area (Å²) in [7, 11) is -1.40. The summed E-state index contributed by atoms with van der Waals surface area (Å²) in [6.45, 7) is 8.84. The van der Waals surface area contributed by atoms with E-state index in [1.54, 1.807) is 34.6 Å². The third-order valence-corrected chi connectivity index (χ3v) is 2.47. The highest BCUT2D eigenvalue weighted by Crippen LogP contribution is 2.11. The molecule has 0 saturated heterocycles. The van der Waals surface area contributed by atoms with Crippen LogP contribution in [-0.2, 0) is 20.5 Å². The minimum Gasteiger partial charge on any atom is -0.459 e. The second-order valence-corrected chi connectivity index (χ2v) is 6.02. The molecule has 0 bridgehead atoms. The summed E-state index contributed by atoms with van der Waals surface area (Å²) >= 11 is 0. The first-order valence-electron chi connectivity index (χ1n) is 4.40. The van der Waals surface area contributed by atoms with Gasteiger partial charge in [0.2, 0.25) is 0 Å². The molecule has 0 heterocycles. The van der Waals surface area contributed by atoms with Gasteiger partial charge in [0.25, 0.3) is 0 Å². The molecule has 14 heavy (non-hydrogen) atoms. The molecule has 0 N–H and O–H groups in total. The third kappa shape index (κ3) is 5.85. The van der Waals surface area contributed by atoms with Crippen LogP contribution in [0.1, 0.15) is 34.6 Å². The molecule has 82 valence electrons. The van der Waals surface area contributed by atoms with Crippen molar-refractivity contribution in [3.05, 3.63) is 0 Å². The molecule has 0 aromatic heterocycles. The Morgan fingerprint density at radius 2 is 1.93 bits per heavy atom. The van der Waals surface area contributed by atoms with Crippen molar-refractivity contribution < 1.29 is 13.7 Å². The number of ether oxygens (including phenoxy) is 1. The van der Waals surface area contributed by atoms with Crippen molar-refractivity contribution in [1.29, 1.82) is 0 Å². The van der Waals surface area contributed by atoms with Gasteiger partial charge in [-0.15, -0.1) is 0 Å². The molecule has 0 radical (unpaired) electrons. The van der Waals surface area contributed by atoms with Crippen LogP contribution in [0, 0.1) is 0 Å². The van der Waals surface area contributed by atoms with Gasteiger partial charge in [-0.1, -0.05) is 0 Å². The molecular weight excluding hydrogens is 202 g/mol. The molecule has 0 spiro atoms. The first kappa shape index (κ1) is 13.3. The quantitative estimate of drug-likeness (QED) is 0.533. The fourth-order valence-corrected chi connectivity index (χ4v) is 1.01. The number of carbonyl (C=O) groups excluding carboxylic acids is 1. The number of carbonyl (C=O) groups is 1. The Kier molecular flexibility index (Phi) is 4.97. The summed E-state index contributed by atoms with van der Waals surface area (Å²) < 4.78 is 19.3. The molecule has 1 unspecified atom stereocenters. The summed E-state index contributed by atoms with van der Waals surface area (Å²) in [4.78, 5) is 11.0. The van der Waals surface area contributed by atoms with Gasteiger partial charge >= 0.3 is 5.97 Å². The fourth-order valence-electron chi connectivity index (χ4n) is 0.512. The van der Waals surface area contributed by atoms with E-state index in [4.69, 9.17) is 4.74 Å². The Hall–Kier alpha value is -0.710. The average molecular weight is 219 g/mol. The van der Waals surface area contributed by atoms with Gasteiger partial charge in [0.05, 0.1) is 10.9 Å². The highest BCUT2D eigenvalue weighted by atomic mass is 32.2. The van der Waals surface area contributed by atoms with Crippen molar-refractivity contribution in [3.8, 4) is 0 Å². The van der Waals surface area contributed by atoms with Crippen LogP contribution in [0.15, 0.2) is 4.40 Å². The smallest absolute Gasteiger partial charge is 0.350 e. The molecule has 0 aromatic rings. The summed E-state index contributed by atoms with van der Waals surface area (Å²) in [5.41, 5.74) is 0. The Morgan fingerprint density at radius 3 is 2.29 bits per heavy atom. The first-order valence-corrected chi connectivity index (χ1v) is 5.51. The van der Waals surface area contributed by atoms with Crippen LogP contribution in [0.5, 0.6) is 0 Å². The van der Waals surface area contributed by atoms with Gasteiger partial charge in [0, 0.05) is 0 Å². The van der Waals surface area contributed by atoms with Crippen LogP contribution in [0.4, 0.5) is 0 Å². The molecule has 4 nitrogen and oxygen atoms in total. The van der Waals surface area contributed by atoms with Crippen molar-refractivity contribution >= 4 is 23.2 Å². The number of esters is 1. The maximum atomic E-state index is 11.4. The van der Waals surface area contributed by atoms with E-state index >= 15 is 0 Å². The summed E-state index contributed by atoms with van der Waals surface area (Å²) in [5, 5.41) is 0. The van der Waals surface area contributed by atoms with Crippen LogP contribution in [0.25, 0.3) is 0 Å². The molecule has 0 aliphatic carbocycles. The van der Waals surface area contributed by atoms with Crippen LogP contribution in [-0.4, -0.2) is 27.2 Å². The van der Waals surface area contributed by atoms with Crippen LogP contribution in [0.3, 0.4) is 0 Å². The molecule has 0 fully saturated rings. The second kappa shape index (κ2) is 5.24. The Labute approximate surface area is 87.3 Å². The maximum Gasteiger partial charge on any atom is 0.350 e. The number of rotatable bonds is 3. The number of hydrogen-bond acceptors (Lipinski definition) is 3. The van der Waals surface area contributed by atoms with Crippen molar-refractivity contribution in [2.24, 2.45) is 4.40 Å².